The molecule has 21 heavy (non-hydrogen) atoms. The molecule has 0 bridgehead atoms. The van der Waals surface area contributed by atoms with Crippen molar-refractivity contribution in [3.05, 3.63) is 24.3 Å². The van der Waals surface area contributed by atoms with Gasteiger partial charge in [0.1, 0.15) is 5.75 Å². The Kier molecular flexibility index (Phi) is 4.09. The van der Waals surface area contributed by atoms with Gasteiger partial charge in [-0.2, -0.15) is 0 Å². The molecule has 2 fully saturated rings. The maximum atomic E-state index is 6.46. The van der Waals surface area contributed by atoms with Crippen LogP contribution in [0.15, 0.2) is 24.3 Å². The molecule has 2 aliphatic rings. The fourth-order valence-electron chi connectivity index (χ4n) is 3.31. The molecule has 1 saturated heterocycles. The third-order valence-corrected chi connectivity index (χ3v) is 4.88. The topological polar surface area (TPSA) is 41.7 Å². The number of nitrogens with zero attached hydrogens (tertiary/aromatic N) is 2. The molecule has 4 nitrogen and oxygen atoms in total. The first kappa shape index (κ1) is 14.7. The van der Waals surface area contributed by atoms with Gasteiger partial charge in [0, 0.05) is 44.0 Å². The molecule has 0 radical (unpaired) electrons. The van der Waals surface area contributed by atoms with Crippen molar-refractivity contribution in [2.24, 2.45) is 11.7 Å². The Hall–Kier alpha value is -1.26. The lowest BCUT2D eigenvalue weighted by molar-refractivity contribution is 0.193. The number of nitrogens with two attached hydrogens (primary N) is 1. The molecule has 1 aliphatic heterocycles. The van der Waals surface area contributed by atoms with Gasteiger partial charge in [0.15, 0.2) is 0 Å². The zero-order valence-corrected chi connectivity index (χ0v) is 13.2. The number of rotatable bonds is 5. The molecule has 1 aliphatic carbocycles. The SMILES string of the molecule is COc1ccc(N2CCN(CC(C)(N)C3CC3)CC2)cc1. The van der Waals surface area contributed by atoms with Crippen molar-refractivity contribution in [1.29, 1.82) is 0 Å². The van der Waals surface area contributed by atoms with E-state index < -0.39 is 0 Å². The number of hydrogen-bond acceptors (Lipinski definition) is 4. The zero-order valence-electron chi connectivity index (χ0n) is 13.2. The summed E-state index contributed by atoms with van der Waals surface area (Å²) in [5, 5.41) is 0. The highest BCUT2D eigenvalue weighted by molar-refractivity contribution is 5.49. The van der Waals surface area contributed by atoms with E-state index in [0.29, 0.717) is 0 Å². The molecule has 1 aromatic carbocycles. The molecular weight excluding hydrogens is 262 g/mol. The summed E-state index contributed by atoms with van der Waals surface area (Å²) in [6.07, 6.45) is 2.64. The summed E-state index contributed by atoms with van der Waals surface area (Å²) < 4.78 is 5.22. The Morgan fingerprint density at radius 3 is 2.29 bits per heavy atom. The smallest absolute Gasteiger partial charge is 0.119 e. The van der Waals surface area contributed by atoms with E-state index in [-0.39, 0.29) is 5.54 Å². The van der Waals surface area contributed by atoms with E-state index in [1.807, 2.05) is 12.1 Å². The lowest BCUT2D eigenvalue weighted by Crippen LogP contribution is -2.55. The third-order valence-electron chi connectivity index (χ3n) is 4.88. The minimum Gasteiger partial charge on any atom is -0.497 e. The van der Waals surface area contributed by atoms with Crippen LogP contribution in [0.4, 0.5) is 5.69 Å². The van der Waals surface area contributed by atoms with Crippen LogP contribution in [-0.2, 0) is 0 Å². The molecule has 0 spiro atoms. The van der Waals surface area contributed by atoms with Crippen molar-refractivity contribution >= 4 is 5.69 Å². The molecule has 1 aromatic rings. The van der Waals surface area contributed by atoms with E-state index in [2.05, 4.69) is 28.9 Å². The first-order valence-corrected chi connectivity index (χ1v) is 7.99. The van der Waals surface area contributed by atoms with Crippen molar-refractivity contribution in [2.45, 2.75) is 25.3 Å². The minimum absolute atomic E-state index is 0.00226. The van der Waals surface area contributed by atoms with Gasteiger partial charge >= 0.3 is 0 Å². The second-order valence-electron chi connectivity index (χ2n) is 6.74. The van der Waals surface area contributed by atoms with Gasteiger partial charge in [0.05, 0.1) is 7.11 Å². The summed E-state index contributed by atoms with van der Waals surface area (Å²) in [5.41, 5.74) is 7.75. The fourth-order valence-corrected chi connectivity index (χ4v) is 3.31. The first-order chi connectivity index (χ1) is 10.1. The van der Waals surface area contributed by atoms with Crippen LogP contribution >= 0.6 is 0 Å². The highest BCUT2D eigenvalue weighted by Crippen LogP contribution is 2.38. The van der Waals surface area contributed by atoms with Crippen LogP contribution in [-0.4, -0.2) is 50.3 Å². The summed E-state index contributed by atoms with van der Waals surface area (Å²) in [7, 11) is 1.71. The minimum atomic E-state index is 0.00226. The summed E-state index contributed by atoms with van der Waals surface area (Å²) in [4.78, 5) is 4.97. The molecule has 1 unspecified atom stereocenters. The van der Waals surface area contributed by atoms with Crippen molar-refractivity contribution in [2.75, 3.05) is 44.7 Å². The number of hydrogen-bond donors (Lipinski definition) is 1. The Morgan fingerprint density at radius 2 is 1.76 bits per heavy atom. The Balaban J connectivity index is 1.52. The summed E-state index contributed by atoms with van der Waals surface area (Å²) in [6, 6.07) is 8.36. The summed E-state index contributed by atoms with van der Waals surface area (Å²) in [5.74, 6) is 1.66. The van der Waals surface area contributed by atoms with Crippen LogP contribution in [0.3, 0.4) is 0 Å². The van der Waals surface area contributed by atoms with E-state index in [0.717, 1.165) is 44.4 Å². The van der Waals surface area contributed by atoms with Gasteiger partial charge in [-0.15, -0.1) is 0 Å². The van der Waals surface area contributed by atoms with Gasteiger partial charge < -0.3 is 15.4 Å². The predicted molar refractivity (Wildman–Crippen MR) is 87.0 cm³/mol. The molecule has 1 saturated carbocycles. The van der Waals surface area contributed by atoms with Gasteiger partial charge in [-0.3, -0.25) is 4.90 Å². The molecule has 3 rings (SSSR count). The zero-order chi connectivity index (χ0) is 14.9. The molecular formula is C17H27N3O. The largest absolute Gasteiger partial charge is 0.497 e. The van der Waals surface area contributed by atoms with Gasteiger partial charge in [0.2, 0.25) is 0 Å². The quantitative estimate of drug-likeness (QED) is 0.899. The number of anilines is 1. The van der Waals surface area contributed by atoms with Crippen LogP contribution in [0.25, 0.3) is 0 Å². The van der Waals surface area contributed by atoms with Gasteiger partial charge in [-0.25, -0.2) is 0 Å². The Labute approximate surface area is 127 Å². The van der Waals surface area contributed by atoms with Crippen molar-refractivity contribution < 1.29 is 4.74 Å². The monoisotopic (exact) mass is 289 g/mol. The van der Waals surface area contributed by atoms with Crippen LogP contribution in [0.1, 0.15) is 19.8 Å². The number of methoxy groups -OCH3 is 1. The van der Waals surface area contributed by atoms with E-state index in [1.165, 1.54) is 18.5 Å². The normalized spacial score (nSPS) is 22.9. The molecule has 116 valence electrons. The molecule has 0 amide bonds. The summed E-state index contributed by atoms with van der Waals surface area (Å²) >= 11 is 0. The fraction of sp³-hybridized carbons (Fsp3) is 0.647. The van der Waals surface area contributed by atoms with E-state index in [1.54, 1.807) is 7.11 Å². The van der Waals surface area contributed by atoms with Crippen molar-refractivity contribution in [3.63, 3.8) is 0 Å². The van der Waals surface area contributed by atoms with Crippen molar-refractivity contribution in [3.8, 4) is 5.75 Å². The maximum Gasteiger partial charge on any atom is 0.119 e. The molecule has 0 aromatic heterocycles. The molecule has 1 heterocycles. The summed E-state index contributed by atoms with van der Waals surface area (Å²) in [6.45, 7) is 7.62. The van der Waals surface area contributed by atoms with Gasteiger partial charge in [0.25, 0.3) is 0 Å². The van der Waals surface area contributed by atoms with Crippen molar-refractivity contribution in [1.82, 2.24) is 4.90 Å². The average Bonchev–Trinajstić information content (AvgIpc) is 3.33. The van der Waals surface area contributed by atoms with Gasteiger partial charge in [-0.05, 0) is 49.9 Å². The van der Waals surface area contributed by atoms with E-state index in [4.69, 9.17) is 10.5 Å². The highest BCUT2D eigenvalue weighted by Gasteiger charge is 2.39. The Bertz CT molecular complexity index is 459. The van der Waals surface area contributed by atoms with Crippen LogP contribution < -0.4 is 15.4 Å². The van der Waals surface area contributed by atoms with E-state index >= 15 is 0 Å². The van der Waals surface area contributed by atoms with Gasteiger partial charge in [-0.1, -0.05) is 0 Å². The van der Waals surface area contributed by atoms with Crippen LogP contribution in [0.5, 0.6) is 5.75 Å². The standard InChI is InChI=1S/C17H27N3O/c1-17(18,14-3-4-14)13-19-9-11-20(12-10-19)15-5-7-16(21-2)8-6-15/h5-8,14H,3-4,9-13,18H2,1-2H3. The third kappa shape index (κ3) is 3.50. The van der Waals surface area contributed by atoms with Crippen LogP contribution in [0, 0.1) is 5.92 Å². The highest BCUT2D eigenvalue weighted by atomic mass is 16.5. The Morgan fingerprint density at radius 1 is 1.14 bits per heavy atom. The first-order valence-electron chi connectivity index (χ1n) is 7.99. The lowest BCUT2D eigenvalue weighted by atomic mass is 9.96. The average molecular weight is 289 g/mol. The van der Waals surface area contributed by atoms with E-state index in [9.17, 15) is 0 Å². The maximum absolute atomic E-state index is 6.46. The molecule has 1 atom stereocenters. The lowest BCUT2D eigenvalue weighted by Gasteiger charge is -2.40. The predicted octanol–water partition coefficient (Wildman–Crippen LogP) is 1.94. The van der Waals surface area contributed by atoms with Crippen LogP contribution in [0.2, 0.25) is 0 Å². The number of benzene rings is 1. The number of piperazine rings is 1. The second kappa shape index (κ2) is 5.85. The number of ether oxygens (including phenoxy) is 1. The molecule has 4 heteroatoms. The second-order valence-corrected chi connectivity index (χ2v) is 6.74. The molecule has 2 N–H and O–H groups in total.